The van der Waals surface area contributed by atoms with Crippen LogP contribution >= 0.6 is 11.6 Å². The van der Waals surface area contributed by atoms with Crippen LogP contribution in [0.5, 0.6) is 0 Å². The van der Waals surface area contributed by atoms with Gasteiger partial charge < -0.3 is 9.88 Å². The number of non-ortho nitro benzene ring substituents is 1. The number of hydrogen-bond acceptors (Lipinski definition) is 4. The van der Waals surface area contributed by atoms with Crippen LogP contribution in [0, 0.1) is 10.1 Å². The van der Waals surface area contributed by atoms with Gasteiger partial charge in [0.1, 0.15) is 0 Å². The van der Waals surface area contributed by atoms with Gasteiger partial charge in [-0.15, -0.1) is 11.6 Å². The number of nitro benzene ring substituents is 1. The lowest BCUT2D eigenvalue weighted by Crippen LogP contribution is -2.30. The first-order valence-electron chi connectivity index (χ1n) is 5.46. The highest BCUT2D eigenvalue weighted by atomic mass is 35.5. The van der Waals surface area contributed by atoms with Gasteiger partial charge in [-0.05, 0) is 13.0 Å². The van der Waals surface area contributed by atoms with Crippen LogP contribution in [0.25, 0.3) is 11.0 Å². The van der Waals surface area contributed by atoms with Gasteiger partial charge in [-0.2, -0.15) is 0 Å². The average molecular weight is 269 g/mol. The first kappa shape index (κ1) is 12.6. The largest absolute Gasteiger partial charge is 0.342 e. The van der Waals surface area contributed by atoms with Gasteiger partial charge in [0.05, 0.1) is 16.0 Å². The maximum atomic E-state index is 10.7. The van der Waals surface area contributed by atoms with Gasteiger partial charge in [0.25, 0.3) is 5.69 Å². The van der Waals surface area contributed by atoms with E-state index in [9.17, 15) is 10.1 Å². The van der Waals surface area contributed by atoms with Crippen LogP contribution in [-0.4, -0.2) is 33.9 Å². The highest BCUT2D eigenvalue weighted by molar-refractivity contribution is 6.18. The Labute approximate surface area is 109 Å². The Morgan fingerprint density at radius 1 is 1.61 bits per heavy atom. The van der Waals surface area contributed by atoms with Gasteiger partial charge in [0.2, 0.25) is 5.95 Å². The normalized spacial score (nSPS) is 12.6. The maximum absolute atomic E-state index is 10.7. The summed E-state index contributed by atoms with van der Waals surface area (Å²) in [6.07, 6.45) is 0. The number of benzene rings is 1. The van der Waals surface area contributed by atoms with E-state index >= 15 is 0 Å². The van der Waals surface area contributed by atoms with Crippen LogP contribution in [0.2, 0.25) is 0 Å². The quantitative estimate of drug-likeness (QED) is 0.525. The molecule has 1 unspecified atom stereocenters. The first-order valence-corrected chi connectivity index (χ1v) is 5.99. The second kappa shape index (κ2) is 4.81. The maximum Gasteiger partial charge on any atom is 0.271 e. The predicted molar refractivity (Wildman–Crippen MR) is 71.3 cm³/mol. The number of H-pyrrole nitrogens is 1. The molecule has 1 N–H and O–H groups in total. The zero-order valence-electron chi connectivity index (χ0n) is 10.1. The number of imidazole rings is 1. The molecule has 0 spiro atoms. The minimum atomic E-state index is -0.426. The van der Waals surface area contributed by atoms with Crippen LogP contribution in [0.15, 0.2) is 18.2 Å². The van der Waals surface area contributed by atoms with E-state index in [1.807, 2.05) is 18.9 Å². The molecule has 18 heavy (non-hydrogen) atoms. The van der Waals surface area contributed by atoms with E-state index in [4.69, 9.17) is 11.6 Å². The second-order valence-corrected chi connectivity index (χ2v) is 4.44. The summed E-state index contributed by atoms with van der Waals surface area (Å²) in [5, 5.41) is 10.7. The van der Waals surface area contributed by atoms with E-state index < -0.39 is 4.92 Å². The minimum absolute atomic E-state index is 0.0470. The van der Waals surface area contributed by atoms with Crippen molar-refractivity contribution in [3.05, 3.63) is 28.3 Å². The topological polar surface area (TPSA) is 75.1 Å². The van der Waals surface area contributed by atoms with Crippen LogP contribution in [0.1, 0.15) is 6.92 Å². The fraction of sp³-hybridized carbons (Fsp3) is 0.364. The molecule has 6 nitrogen and oxygen atoms in total. The third-order valence-corrected chi connectivity index (χ3v) is 3.33. The molecule has 2 aromatic rings. The molecule has 0 saturated carbocycles. The predicted octanol–water partition coefficient (Wildman–Crippen LogP) is 2.53. The highest BCUT2D eigenvalue weighted by Gasteiger charge is 2.14. The molecular weight excluding hydrogens is 256 g/mol. The van der Waals surface area contributed by atoms with Gasteiger partial charge in [0, 0.05) is 31.1 Å². The van der Waals surface area contributed by atoms with E-state index in [0.29, 0.717) is 22.9 Å². The van der Waals surface area contributed by atoms with Crippen molar-refractivity contribution in [3.63, 3.8) is 0 Å². The molecule has 2 rings (SSSR count). The number of nitrogens with one attached hydrogen (secondary N) is 1. The Bertz CT molecular complexity index is 583. The van der Waals surface area contributed by atoms with Crippen molar-refractivity contribution in [2.75, 3.05) is 17.8 Å². The standard InChI is InChI=1S/C11H13ClN4O2/c1-7(6-12)15(2)11-13-9-4-3-8(16(17)18)5-10(9)14-11/h3-5,7H,6H2,1-2H3,(H,13,14). The fourth-order valence-electron chi connectivity index (χ4n) is 1.58. The molecule has 0 saturated heterocycles. The van der Waals surface area contributed by atoms with Gasteiger partial charge in [-0.1, -0.05) is 0 Å². The van der Waals surface area contributed by atoms with Gasteiger partial charge in [0.15, 0.2) is 0 Å². The fourth-order valence-corrected chi connectivity index (χ4v) is 1.78. The lowest BCUT2D eigenvalue weighted by molar-refractivity contribution is -0.384. The van der Waals surface area contributed by atoms with E-state index in [-0.39, 0.29) is 11.7 Å². The summed E-state index contributed by atoms with van der Waals surface area (Å²) in [7, 11) is 1.87. The molecule has 1 heterocycles. The monoisotopic (exact) mass is 268 g/mol. The van der Waals surface area contributed by atoms with Crippen LogP contribution in [0.4, 0.5) is 11.6 Å². The SMILES string of the molecule is CC(CCl)N(C)c1nc2ccc([N+](=O)[O-])cc2[nH]1. The summed E-state index contributed by atoms with van der Waals surface area (Å²) < 4.78 is 0. The Kier molecular flexibility index (Phi) is 3.38. The lowest BCUT2D eigenvalue weighted by Gasteiger charge is -2.21. The molecule has 0 aliphatic heterocycles. The third kappa shape index (κ3) is 2.24. The Hall–Kier alpha value is -1.82. The number of nitro groups is 1. The van der Waals surface area contributed by atoms with Crippen molar-refractivity contribution in [1.82, 2.24) is 9.97 Å². The summed E-state index contributed by atoms with van der Waals surface area (Å²) in [6.45, 7) is 1.97. The highest BCUT2D eigenvalue weighted by Crippen LogP contribution is 2.22. The van der Waals surface area contributed by atoms with Crippen molar-refractivity contribution >= 4 is 34.3 Å². The number of fused-ring (bicyclic) bond motifs is 1. The zero-order chi connectivity index (χ0) is 13.3. The third-order valence-electron chi connectivity index (χ3n) is 2.88. The number of aromatic amines is 1. The van der Waals surface area contributed by atoms with Crippen LogP contribution < -0.4 is 4.90 Å². The number of rotatable bonds is 4. The first-order chi connectivity index (χ1) is 8.52. The molecule has 96 valence electrons. The molecule has 0 amide bonds. The van der Waals surface area contributed by atoms with Crippen molar-refractivity contribution in [2.45, 2.75) is 13.0 Å². The average Bonchev–Trinajstić information content (AvgIpc) is 2.79. The number of hydrogen-bond donors (Lipinski definition) is 1. The summed E-state index contributed by atoms with van der Waals surface area (Å²) in [4.78, 5) is 19.6. The summed E-state index contributed by atoms with van der Waals surface area (Å²) in [6, 6.07) is 4.68. The smallest absolute Gasteiger partial charge is 0.271 e. The molecule has 0 bridgehead atoms. The van der Waals surface area contributed by atoms with E-state index in [0.717, 1.165) is 0 Å². The number of anilines is 1. The molecular formula is C11H13ClN4O2. The molecule has 0 aliphatic rings. The molecule has 0 radical (unpaired) electrons. The summed E-state index contributed by atoms with van der Waals surface area (Å²) in [5.41, 5.74) is 1.39. The molecule has 7 heteroatoms. The zero-order valence-corrected chi connectivity index (χ0v) is 10.8. The van der Waals surface area contributed by atoms with E-state index in [1.165, 1.54) is 12.1 Å². The number of aromatic nitrogens is 2. The lowest BCUT2D eigenvalue weighted by atomic mass is 10.3. The second-order valence-electron chi connectivity index (χ2n) is 4.13. The number of alkyl halides is 1. The molecule has 0 aliphatic carbocycles. The molecule has 1 aromatic carbocycles. The van der Waals surface area contributed by atoms with Gasteiger partial charge in [-0.25, -0.2) is 4.98 Å². The van der Waals surface area contributed by atoms with Crippen LogP contribution in [-0.2, 0) is 0 Å². The van der Waals surface area contributed by atoms with Crippen LogP contribution in [0.3, 0.4) is 0 Å². The molecule has 0 fully saturated rings. The number of nitrogens with zero attached hydrogens (tertiary/aromatic N) is 3. The van der Waals surface area contributed by atoms with Gasteiger partial charge >= 0.3 is 0 Å². The molecule has 1 aromatic heterocycles. The molecule has 1 atom stereocenters. The Morgan fingerprint density at radius 2 is 2.33 bits per heavy atom. The van der Waals surface area contributed by atoms with Crippen molar-refractivity contribution in [3.8, 4) is 0 Å². The summed E-state index contributed by atoms with van der Waals surface area (Å²) >= 11 is 5.79. The minimum Gasteiger partial charge on any atom is -0.342 e. The van der Waals surface area contributed by atoms with E-state index in [1.54, 1.807) is 6.07 Å². The Balaban J connectivity index is 2.41. The van der Waals surface area contributed by atoms with Gasteiger partial charge in [-0.3, -0.25) is 10.1 Å². The van der Waals surface area contributed by atoms with Crippen molar-refractivity contribution in [1.29, 1.82) is 0 Å². The van der Waals surface area contributed by atoms with Crippen molar-refractivity contribution in [2.24, 2.45) is 0 Å². The Morgan fingerprint density at radius 3 is 2.94 bits per heavy atom. The van der Waals surface area contributed by atoms with Crippen molar-refractivity contribution < 1.29 is 4.92 Å². The summed E-state index contributed by atoms with van der Waals surface area (Å²) in [5.74, 6) is 1.13. The van der Waals surface area contributed by atoms with E-state index in [2.05, 4.69) is 9.97 Å². The number of halogens is 1.